The van der Waals surface area contributed by atoms with Crippen LogP contribution in [0.15, 0.2) is 36.7 Å². The predicted octanol–water partition coefficient (Wildman–Crippen LogP) is 2.17. The molecule has 1 N–H and O–H groups in total. The molecule has 1 saturated carbocycles. The summed E-state index contributed by atoms with van der Waals surface area (Å²) >= 11 is 0. The minimum atomic E-state index is -0.277. The fraction of sp³-hybridized carbons (Fsp3) is 0.478. The van der Waals surface area contributed by atoms with Crippen LogP contribution in [0.4, 0.5) is 4.39 Å². The third-order valence-electron chi connectivity index (χ3n) is 6.17. The molecule has 2 aromatic rings. The highest BCUT2D eigenvalue weighted by Crippen LogP contribution is 2.28. The second-order valence-corrected chi connectivity index (χ2v) is 8.39. The molecule has 1 aliphatic heterocycles. The van der Waals surface area contributed by atoms with Crippen LogP contribution in [0.1, 0.15) is 41.0 Å². The van der Waals surface area contributed by atoms with Gasteiger partial charge in [-0.15, -0.1) is 0 Å². The monoisotopic (exact) mass is 425 g/mol. The van der Waals surface area contributed by atoms with E-state index in [1.54, 1.807) is 18.3 Å². The highest BCUT2D eigenvalue weighted by Gasteiger charge is 2.37. The fourth-order valence-corrected chi connectivity index (χ4v) is 4.39. The van der Waals surface area contributed by atoms with Crippen molar-refractivity contribution in [2.24, 2.45) is 5.92 Å². The Hall–Kier alpha value is -2.87. The number of carbonyl (C=O) groups excluding carboxylic acids is 2. The smallest absolute Gasteiger partial charge is 0.271 e. The molecular formula is C23H28FN5O2. The molecule has 0 bridgehead atoms. The van der Waals surface area contributed by atoms with E-state index in [1.807, 2.05) is 11.8 Å². The first kappa shape index (κ1) is 21.4. The van der Waals surface area contributed by atoms with Crippen LogP contribution in [0.5, 0.6) is 0 Å². The first-order chi connectivity index (χ1) is 15.0. The molecule has 0 radical (unpaired) electrons. The maximum Gasteiger partial charge on any atom is 0.271 e. The zero-order valence-electron chi connectivity index (χ0n) is 17.8. The molecule has 1 saturated heterocycles. The summed E-state index contributed by atoms with van der Waals surface area (Å²) in [6.45, 7) is 5.47. The van der Waals surface area contributed by atoms with E-state index in [9.17, 15) is 14.0 Å². The van der Waals surface area contributed by atoms with Crippen molar-refractivity contribution in [1.29, 1.82) is 0 Å². The van der Waals surface area contributed by atoms with Crippen molar-refractivity contribution in [3.05, 3.63) is 59.4 Å². The van der Waals surface area contributed by atoms with Gasteiger partial charge in [0.25, 0.3) is 5.91 Å². The van der Waals surface area contributed by atoms with Gasteiger partial charge in [-0.05, 0) is 37.5 Å². The number of aromatic nitrogens is 2. The largest absolute Gasteiger partial charge is 0.347 e. The minimum absolute atomic E-state index is 0.124. The molecule has 1 aromatic heterocycles. The molecule has 31 heavy (non-hydrogen) atoms. The van der Waals surface area contributed by atoms with Crippen molar-refractivity contribution in [2.75, 3.05) is 26.2 Å². The average Bonchev–Trinajstić information content (AvgIpc) is 3.24. The van der Waals surface area contributed by atoms with Gasteiger partial charge in [0.1, 0.15) is 11.5 Å². The van der Waals surface area contributed by atoms with E-state index in [1.165, 1.54) is 18.3 Å². The maximum absolute atomic E-state index is 13.2. The number of carbonyl (C=O) groups is 2. The lowest BCUT2D eigenvalue weighted by Crippen LogP contribution is -2.52. The Balaban J connectivity index is 1.30. The lowest BCUT2D eigenvalue weighted by Gasteiger charge is -2.37. The summed E-state index contributed by atoms with van der Waals surface area (Å²) in [6, 6.07) is 6.39. The molecule has 164 valence electrons. The summed E-state index contributed by atoms with van der Waals surface area (Å²) in [5.41, 5.74) is 2.10. The Morgan fingerprint density at radius 1 is 1.06 bits per heavy atom. The Morgan fingerprint density at radius 2 is 1.81 bits per heavy atom. The lowest BCUT2D eigenvalue weighted by atomic mass is 10.0. The fourth-order valence-electron chi connectivity index (χ4n) is 4.39. The topological polar surface area (TPSA) is 78.4 Å². The van der Waals surface area contributed by atoms with Crippen LogP contribution >= 0.6 is 0 Å². The Labute approximate surface area is 181 Å². The van der Waals surface area contributed by atoms with Gasteiger partial charge in [-0.1, -0.05) is 18.6 Å². The van der Waals surface area contributed by atoms with E-state index in [4.69, 9.17) is 0 Å². The number of halogens is 1. The third kappa shape index (κ3) is 5.25. The molecule has 0 unspecified atom stereocenters. The van der Waals surface area contributed by atoms with Gasteiger partial charge < -0.3 is 10.2 Å². The number of piperazine rings is 1. The number of nitrogens with zero attached hydrogens (tertiary/aromatic N) is 4. The number of hydrogen-bond acceptors (Lipinski definition) is 5. The van der Waals surface area contributed by atoms with Crippen LogP contribution in [-0.2, 0) is 11.3 Å². The van der Waals surface area contributed by atoms with Crippen molar-refractivity contribution in [1.82, 2.24) is 25.1 Å². The Kier molecular flexibility index (Phi) is 6.56. The van der Waals surface area contributed by atoms with Gasteiger partial charge in [-0.2, -0.15) is 0 Å². The van der Waals surface area contributed by atoms with E-state index in [0.717, 1.165) is 50.2 Å². The first-order valence-electron chi connectivity index (χ1n) is 10.8. The van der Waals surface area contributed by atoms with Gasteiger partial charge in [-0.25, -0.2) is 9.37 Å². The van der Waals surface area contributed by atoms with Gasteiger partial charge in [-0.3, -0.25) is 19.5 Å². The highest BCUT2D eigenvalue weighted by molar-refractivity contribution is 5.92. The van der Waals surface area contributed by atoms with Crippen LogP contribution in [0, 0.1) is 18.7 Å². The molecule has 2 heterocycles. The van der Waals surface area contributed by atoms with Crippen molar-refractivity contribution in [3.8, 4) is 0 Å². The summed E-state index contributed by atoms with van der Waals surface area (Å²) in [6.07, 6.45) is 5.55. The quantitative estimate of drug-likeness (QED) is 0.794. The Morgan fingerprint density at radius 3 is 2.48 bits per heavy atom. The SMILES string of the molecule is Cc1cnc(C(=O)N[C@@H]2CCC[C@@H]2C(=O)N2CCN(Cc3ccc(F)cc3)CC2)cn1. The van der Waals surface area contributed by atoms with E-state index >= 15 is 0 Å². The van der Waals surface area contributed by atoms with Crippen molar-refractivity contribution < 1.29 is 14.0 Å². The number of rotatable bonds is 5. The molecule has 2 atom stereocenters. The molecule has 8 heteroatoms. The van der Waals surface area contributed by atoms with Crippen LogP contribution in [0.3, 0.4) is 0 Å². The van der Waals surface area contributed by atoms with E-state index < -0.39 is 0 Å². The molecular weight excluding hydrogens is 397 g/mol. The highest BCUT2D eigenvalue weighted by atomic mass is 19.1. The molecule has 7 nitrogen and oxygen atoms in total. The minimum Gasteiger partial charge on any atom is -0.347 e. The van der Waals surface area contributed by atoms with Crippen LogP contribution in [-0.4, -0.2) is 63.8 Å². The standard InChI is InChI=1S/C23H28FN5O2/c1-16-13-26-21(14-25-16)22(30)27-20-4-2-3-19(20)23(31)29-11-9-28(10-12-29)15-17-5-7-18(24)8-6-17/h5-8,13-14,19-20H,2-4,9-12,15H2,1H3,(H,27,30)/t19-,20+/m0/s1. The van der Waals surface area contributed by atoms with Crippen molar-refractivity contribution >= 4 is 11.8 Å². The summed E-state index contributed by atoms with van der Waals surface area (Å²) in [5, 5.41) is 3.00. The number of hydrogen-bond donors (Lipinski definition) is 1. The van der Waals surface area contributed by atoms with Gasteiger partial charge >= 0.3 is 0 Å². The number of benzene rings is 1. The van der Waals surface area contributed by atoms with Gasteiger partial charge in [0, 0.05) is 45.0 Å². The zero-order valence-corrected chi connectivity index (χ0v) is 17.8. The van der Waals surface area contributed by atoms with E-state index in [2.05, 4.69) is 20.2 Å². The molecule has 0 spiro atoms. The van der Waals surface area contributed by atoms with Crippen LogP contribution in [0.2, 0.25) is 0 Å². The molecule has 1 aliphatic carbocycles. The van der Waals surface area contributed by atoms with Gasteiger partial charge in [0.15, 0.2) is 0 Å². The van der Waals surface area contributed by atoms with Gasteiger partial charge in [0.05, 0.1) is 17.8 Å². The summed E-state index contributed by atoms with van der Waals surface area (Å²) in [4.78, 5) is 38.1. The van der Waals surface area contributed by atoms with E-state index in [0.29, 0.717) is 13.1 Å². The summed E-state index contributed by atoms with van der Waals surface area (Å²) in [5.74, 6) is -0.571. The average molecular weight is 426 g/mol. The molecule has 1 aromatic carbocycles. The third-order valence-corrected chi connectivity index (χ3v) is 6.17. The first-order valence-corrected chi connectivity index (χ1v) is 10.8. The molecule has 4 rings (SSSR count). The number of nitrogens with one attached hydrogen (secondary N) is 1. The second-order valence-electron chi connectivity index (χ2n) is 8.39. The maximum atomic E-state index is 13.2. The van der Waals surface area contributed by atoms with Crippen molar-refractivity contribution in [2.45, 2.75) is 38.8 Å². The molecule has 2 aliphatic rings. The lowest BCUT2D eigenvalue weighted by molar-refractivity contribution is -0.137. The second kappa shape index (κ2) is 9.51. The zero-order chi connectivity index (χ0) is 21.8. The normalized spacial score (nSPS) is 21.8. The number of amides is 2. The van der Waals surface area contributed by atoms with Crippen LogP contribution in [0.25, 0.3) is 0 Å². The van der Waals surface area contributed by atoms with Crippen molar-refractivity contribution in [3.63, 3.8) is 0 Å². The summed E-state index contributed by atoms with van der Waals surface area (Å²) in [7, 11) is 0. The number of aryl methyl sites for hydroxylation is 1. The van der Waals surface area contributed by atoms with Crippen LogP contribution < -0.4 is 5.32 Å². The summed E-state index contributed by atoms with van der Waals surface area (Å²) < 4.78 is 13.1. The molecule has 2 fully saturated rings. The molecule has 2 amide bonds. The van der Waals surface area contributed by atoms with E-state index in [-0.39, 0.29) is 35.3 Å². The predicted molar refractivity (Wildman–Crippen MR) is 114 cm³/mol. The van der Waals surface area contributed by atoms with Gasteiger partial charge in [0.2, 0.25) is 5.91 Å². The Bertz CT molecular complexity index is 911.